The highest BCUT2D eigenvalue weighted by Gasteiger charge is 2.23. The minimum absolute atomic E-state index is 0.149. The third-order valence-electron chi connectivity index (χ3n) is 4.05. The lowest BCUT2D eigenvalue weighted by atomic mass is 10.0. The van der Waals surface area contributed by atoms with Crippen LogP contribution in [0.15, 0.2) is 48.8 Å². The van der Waals surface area contributed by atoms with Crippen LogP contribution in [-0.4, -0.2) is 28.5 Å². The number of carbonyl (C=O) groups excluding carboxylic acids is 1. The van der Waals surface area contributed by atoms with E-state index in [1.807, 2.05) is 40.1 Å². The molecule has 0 aliphatic carbocycles. The van der Waals surface area contributed by atoms with Gasteiger partial charge in [-0.3, -0.25) is 4.79 Å². The summed E-state index contributed by atoms with van der Waals surface area (Å²) in [5, 5.41) is 0. The van der Waals surface area contributed by atoms with E-state index < -0.39 is 0 Å². The van der Waals surface area contributed by atoms with Crippen molar-refractivity contribution < 1.29 is 9.18 Å². The summed E-state index contributed by atoms with van der Waals surface area (Å²) in [7, 11) is 0. The maximum atomic E-state index is 13.5. The number of likely N-dealkylation sites (tertiary alicyclic amines) is 1. The van der Waals surface area contributed by atoms with Gasteiger partial charge in [0.25, 0.3) is 0 Å². The molecule has 1 aromatic heterocycles. The zero-order valence-corrected chi connectivity index (χ0v) is 11.9. The van der Waals surface area contributed by atoms with Crippen molar-refractivity contribution >= 4 is 5.91 Å². The van der Waals surface area contributed by atoms with E-state index in [4.69, 9.17) is 0 Å². The number of carbonyl (C=O) groups is 1. The predicted octanol–water partition coefficient (Wildman–Crippen LogP) is 3.23. The average Bonchev–Trinajstić information content (AvgIpc) is 3.17. The quantitative estimate of drug-likeness (QED) is 0.847. The first-order valence-corrected chi connectivity index (χ1v) is 7.40. The van der Waals surface area contributed by atoms with Crippen LogP contribution in [0.1, 0.15) is 30.9 Å². The van der Waals surface area contributed by atoms with Gasteiger partial charge in [0.15, 0.2) is 0 Å². The Morgan fingerprint density at radius 2 is 1.86 bits per heavy atom. The van der Waals surface area contributed by atoms with E-state index in [0.717, 1.165) is 31.5 Å². The predicted molar refractivity (Wildman–Crippen MR) is 79.4 cm³/mol. The molecule has 2 aromatic rings. The fourth-order valence-electron chi connectivity index (χ4n) is 2.93. The van der Waals surface area contributed by atoms with Crippen LogP contribution in [0.5, 0.6) is 0 Å². The number of halogens is 1. The smallest absolute Gasteiger partial charge is 0.225 e. The van der Waals surface area contributed by atoms with Crippen molar-refractivity contribution in [2.24, 2.45) is 0 Å². The first-order chi connectivity index (χ1) is 10.2. The Kier molecular flexibility index (Phi) is 4.04. The summed E-state index contributed by atoms with van der Waals surface area (Å²) in [6.07, 6.45) is 6.39. The van der Waals surface area contributed by atoms with Crippen LogP contribution in [-0.2, 0) is 4.79 Å². The number of benzene rings is 1. The van der Waals surface area contributed by atoms with Crippen molar-refractivity contribution in [1.29, 1.82) is 0 Å². The van der Waals surface area contributed by atoms with Crippen molar-refractivity contribution in [2.75, 3.05) is 13.1 Å². The summed E-state index contributed by atoms with van der Waals surface area (Å²) >= 11 is 0. The molecule has 3 rings (SSSR count). The van der Waals surface area contributed by atoms with E-state index in [9.17, 15) is 9.18 Å². The van der Waals surface area contributed by atoms with Crippen molar-refractivity contribution in [3.8, 4) is 0 Å². The highest BCUT2D eigenvalue weighted by molar-refractivity contribution is 5.77. The molecule has 110 valence electrons. The molecule has 0 spiro atoms. The Balaban J connectivity index is 1.84. The molecule has 0 saturated carbocycles. The highest BCUT2D eigenvalue weighted by Crippen LogP contribution is 2.25. The zero-order chi connectivity index (χ0) is 14.7. The first-order valence-electron chi connectivity index (χ1n) is 7.40. The molecule has 1 aliphatic rings. The van der Waals surface area contributed by atoms with E-state index in [2.05, 4.69) is 0 Å². The number of rotatable bonds is 4. The molecule has 2 heterocycles. The lowest BCUT2D eigenvalue weighted by Gasteiger charge is -2.23. The second-order valence-electron chi connectivity index (χ2n) is 5.49. The number of hydrogen-bond acceptors (Lipinski definition) is 1. The molecule has 21 heavy (non-hydrogen) atoms. The van der Waals surface area contributed by atoms with Crippen LogP contribution < -0.4 is 0 Å². The molecule has 1 aliphatic heterocycles. The minimum atomic E-state index is -0.265. The maximum absolute atomic E-state index is 13.5. The van der Waals surface area contributed by atoms with Crippen LogP contribution >= 0.6 is 0 Å². The lowest BCUT2D eigenvalue weighted by Crippen LogP contribution is -2.30. The fraction of sp³-hybridized carbons (Fsp3) is 0.353. The van der Waals surface area contributed by atoms with Crippen molar-refractivity contribution in [1.82, 2.24) is 9.47 Å². The van der Waals surface area contributed by atoms with Crippen LogP contribution in [0.2, 0.25) is 0 Å². The molecule has 4 heteroatoms. The van der Waals surface area contributed by atoms with Crippen molar-refractivity contribution in [3.05, 3.63) is 60.2 Å². The van der Waals surface area contributed by atoms with Gasteiger partial charge in [-0.05, 0) is 42.7 Å². The summed E-state index contributed by atoms with van der Waals surface area (Å²) in [6.45, 7) is 1.70. The molecule has 0 unspecified atom stereocenters. The SMILES string of the molecule is O=C(C[C@@H](c1cccc(F)c1)n1cccc1)N1CCCC1. The van der Waals surface area contributed by atoms with Crippen LogP contribution in [0.4, 0.5) is 4.39 Å². The summed E-state index contributed by atoms with van der Waals surface area (Å²) in [5.41, 5.74) is 0.832. The van der Waals surface area contributed by atoms with Crippen LogP contribution in [0.25, 0.3) is 0 Å². The average molecular weight is 286 g/mol. The Hall–Kier alpha value is -2.10. The molecule has 1 amide bonds. The minimum Gasteiger partial charge on any atom is -0.346 e. The van der Waals surface area contributed by atoms with Crippen LogP contribution in [0, 0.1) is 5.82 Å². The topological polar surface area (TPSA) is 25.2 Å². The third-order valence-corrected chi connectivity index (χ3v) is 4.05. The number of hydrogen-bond donors (Lipinski definition) is 0. The number of amides is 1. The normalized spacial score (nSPS) is 16.1. The zero-order valence-electron chi connectivity index (χ0n) is 11.9. The van der Waals surface area contributed by atoms with Gasteiger partial charge in [-0.15, -0.1) is 0 Å². The lowest BCUT2D eigenvalue weighted by molar-refractivity contribution is -0.130. The molecular formula is C17H19FN2O. The summed E-state index contributed by atoms with van der Waals surface area (Å²) in [5.74, 6) is -0.117. The van der Waals surface area contributed by atoms with Gasteiger partial charge in [-0.25, -0.2) is 4.39 Å². The molecule has 1 saturated heterocycles. The van der Waals surface area contributed by atoms with Gasteiger partial charge < -0.3 is 9.47 Å². The molecule has 0 N–H and O–H groups in total. The molecule has 3 nitrogen and oxygen atoms in total. The summed E-state index contributed by atoms with van der Waals surface area (Å²) < 4.78 is 15.5. The maximum Gasteiger partial charge on any atom is 0.225 e. The molecule has 0 radical (unpaired) electrons. The standard InChI is InChI=1S/C17H19FN2O/c18-15-7-5-6-14(12-15)16(19-8-1-2-9-19)13-17(21)20-10-3-4-11-20/h1-2,5-9,12,16H,3-4,10-11,13H2/t16-/m0/s1. The Labute approximate surface area is 124 Å². The first kappa shape index (κ1) is 13.9. The Bertz CT molecular complexity index is 603. The second kappa shape index (κ2) is 6.12. The molecule has 1 fully saturated rings. The number of nitrogens with zero attached hydrogens (tertiary/aromatic N) is 2. The van der Waals surface area contributed by atoms with Crippen molar-refractivity contribution in [3.63, 3.8) is 0 Å². The van der Waals surface area contributed by atoms with E-state index in [-0.39, 0.29) is 17.8 Å². The van der Waals surface area contributed by atoms with Crippen molar-refractivity contribution in [2.45, 2.75) is 25.3 Å². The largest absolute Gasteiger partial charge is 0.346 e. The van der Waals surface area contributed by atoms with Gasteiger partial charge in [0, 0.05) is 25.5 Å². The third kappa shape index (κ3) is 3.15. The van der Waals surface area contributed by atoms with E-state index in [0.29, 0.717) is 6.42 Å². The van der Waals surface area contributed by atoms with E-state index in [1.165, 1.54) is 12.1 Å². The Morgan fingerprint density at radius 1 is 1.14 bits per heavy atom. The van der Waals surface area contributed by atoms with Crippen LogP contribution in [0.3, 0.4) is 0 Å². The van der Waals surface area contributed by atoms with Gasteiger partial charge in [0.05, 0.1) is 12.5 Å². The molecular weight excluding hydrogens is 267 g/mol. The summed E-state index contributed by atoms with van der Waals surface area (Å²) in [6, 6.07) is 10.2. The van der Waals surface area contributed by atoms with Gasteiger partial charge in [-0.2, -0.15) is 0 Å². The van der Waals surface area contributed by atoms with Gasteiger partial charge in [-0.1, -0.05) is 12.1 Å². The van der Waals surface area contributed by atoms with E-state index in [1.54, 1.807) is 6.07 Å². The fourth-order valence-corrected chi connectivity index (χ4v) is 2.93. The second-order valence-corrected chi connectivity index (χ2v) is 5.49. The summed E-state index contributed by atoms with van der Waals surface area (Å²) in [4.78, 5) is 14.3. The van der Waals surface area contributed by atoms with E-state index >= 15 is 0 Å². The Morgan fingerprint density at radius 3 is 2.52 bits per heavy atom. The van der Waals surface area contributed by atoms with Gasteiger partial charge in [0.1, 0.15) is 5.82 Å². The van der Waals surface area contributed by atoms with Gasteiger partial charge in [0.2, 0.25) is 5.91 Å². The molecule has 0 bridgehead atoms. The monoisotopic (exact) mass is 286 g/mol. The highest BCUT2D eigenvalue weighted by atomic mass is 19.1. The van der Waals surface area contributed by atoms with Gasteiger partial charge >= 0.3 is 0 Å². The molecule has 1 aromatic carbocycles. The molecule has 1 atom stereocenters. The number of aromatic nitrogens is 1.